The van der Waals surface area contributed by atoms with Gasteiger partial charge in [0, 0.05) is 35.0 Å². The van der Waals surface area contributed by atoms with E-state index in [2.05, 4.69) is 10.3 Å². The van der Waals surface area contributed by atoms with Crippen molar-refractivity contribution >= 4 is 11.8 Å². The van der Waals surface area contributed by atoms with Crippen LogP contribution in [-0.2, 0) is 15.7 Å². The summed E-state index contributed by atoms with van der Waals surface area (Å²) in [7, 11) is 0. The second-order valence-electron chi connectivity index (χ2n) is 10.2. The van der Waals surface area contributed by atoms with Gasteiger partial charge < -0.3 is 15.0 Å². The number of carbonyl (C=O) groups excluding carboxylic acids is 2. The molecule has 1 aromatic heterocycles. The van der Waals surface area contributed by atoms with Crippen molar-refractivity contribution in [3.63, 3.8) is 0 Å². The van der Waals surface area contributed by atoms with E-state index in [-0.39, 0.29) is 48.5 Å². The normalized spacial score (nSPS) is 24.3. The molecular weight excluding hydrogens is 478 g/mol. The van der Waals surface area contributed by atoms with Crippen molar-refractivity contribution in [1.82, 2.24) is 15.2 Å². The third kappa shape index (κ3) is 4.58. The Morgan fingerprint density at radius 1 is 1.14 bits per heavy atom. The number of benzene rings is 1. The van der Waals surface area contributed by atoms with Gasteiger partial charge in [-0.2, -0.15) is 13.2 Å². The largest absolute Gasteiger partial charge is 0.416 e. The molecule has 2 aromatic rings. The van der Waals surface area contributed by atoms with Crippen LogP contribution in [0.25, 0.3) is 0 Å². The zero-order valence-corrected chi connectivity index (χ0v) is 19.9. The summed E-state index contributed by atoms with van der Waals surface area (Å²) in [5.74, 6) is -1.66. The van der Waals surface area contributed by atoms with Crippen LogP contribution in [-0.4, -0.2) is 47.0 Å². The van der Waals surface area contributed by atoms with E-state index < -0.39 is 35.5 Å². The van der Waals surface area contributed by atoms with Crippen LogP contribution in [0.5, 0.6) is 0 Å². The molecule has 1 aromatic carbocycles. The maximum atomic E-state index is 14.8. The van der Waals surface area contributed by atoms with Gasteiger partial charge in [-0.3, -0.25) is 14.6 Å². The molecule has 3 aliphatic rings. The molecule has 10 heteroatoms. The topological polar surface area (TPSA) is 71.5 Å². The highest BCUT2D eigenvalue weighted by Gasteiger charge is 2.56. The van der Waals surface area contributed by atoms with Crippen LogP contribution in [0.4, 0.5) is 17.6 Å². The Hall–Kier alpha value is -3.01. The molecule has 4 atom stereocenters. The minimum absolute atomic E-state index is 0.0265. The SMILES string of the molecule is CC(C)c1cc(C(=O)N2[C@@H](C(=O)N[C@@H](c3ccc(C(F)(F)F)cc3F)C3COC3)C[C@H]3C[C@H]32)ccn1. The van der Waals surface area contributed by atoms with Gasteiger partial charge in [0.05, 0.1) is 24.8 Å². The highest BCUT2D eigenvalue weighted by Crippen LogP contribution is 2.48. The molecule has 1 aliphatic carbocycles. The number of alkyl halides is 3. The van der Waals surface area contributed by atoms with Crippen molar-refractivity contribution in [1.29, 1.82) is 0 Å². The van der Waals surface area contributed by atoms with E-state index in [1.165, 1.54) is 0 Å². The van der Waals surface area contributed by atoms with Gasteiger partial charge >= 0.3 is 6.18 Å². The van der Waals surface area contributed by atoms with Crippen LogP contribution >= 0.6 is 0 Å². The van der Waals surface area contributed by atoms with Crippen LogP contribution in [0.1, 0.15) is 65.8 Å². The first-order chi connectivity index (χ1) is 17.0. The van der Waals surface area contributed by atoms with E-state index in [1.807, 2.05) is 13.8 Å². The molecule has 2 saturated heterocycles. The predicted molar refractivity (Wildman–Crippen MR) is 121 cm³/mol. The molecular formula is C26H27F4N3O3. The van der Waals surface area contributed by atoms with Crippen molar-refractivity contribution in [2.45, 2.75) is 56.9 Å². The quantitative estimate of drug-likeness (QED) is 0.589. The van der Waals surface area contributed by atoms with E-state index >= 15 is 0 Å². The van der Waals surface area contributed by atoms with E-state index in [4.69, 9.17) is 4.74 Å². The second-order valence-corrected chi connectivity index (χ2v) is 10.2. The van der Waals surface area contributed by atoms with Gasteiger partial charge in [0.15, 0.2) is 0 Å². The van der Waals surface area contributed by atoms with E-state index in [9.17, 15) is 27.2 Å². The third-order valence-electron chi connectivity index (χ3n) is 7.36. The fraction of sp³-hybridized carbons (Fsp3) is 0.500. The molecule has 6 nitrogen and oxygen atoms in total. The third-order valence-corrected chi connectivity index (χ3v) is 7.36. The Bertz CT molecular complexity index is 1180. The van der Waals surface area contributed by atoms with Gasteiger partial charge in [-0.05, 0) is 48.9 Å². The van der Waals surface area contributed by atoms with Crippen molar-refractivity contribution < 1.29 is 31.9 Å². The molecule has 1 N–H and O–H groups in total. The van der Waals surface area contributed by atoms with Crippen molar-refractivity contribution in [3.05, 3.63) is 64.7 Å². The average molecular weight is 506 g/mol. The molecule has 2 aliphatic heterocycles. The van der Waals surface area contributed by atoms with Gasteiger partial charge in [-0.15, -0.1) is 0 Å². The van der Waals surface area contributed by atoms with Gasteiger partial charge in [0.25, 0.3) is 5.91 Å². The molecule has 0 bridgehead atoms. The number of amides is 2. The van der Waals surface area contributed by atoms with Gasteiger partial charge in [0.1, 0.15) is 11.9 Å². The van der Waals surface area contributed by atoms with Gasteiger partial charge in [-0.1, -0.05) is 19.9 Å². The Morgan fingerprint density at radius 3 is 2.50 bits per heavy atom. The number of likely N-dealkylation sites (tertiary alicyclic amines) is 1. The number of ether oxygens (including phenoxy) is 1. The number of pyridine rings is 1. The molecule has 0 unspecified atom stereocenters. The lowest BCUT2D eigenvalue weighted by Crippen LogP contribution is -2.51. The molecule has 1 saturated carbocycles. The number of hydrogen-bond acceptors (Lipinski definition) is 4. The number of carbonyl (C=O) groups is 2. The minimum Gasteiger partial charge on any atom is -0.381 e. The molecule has 3 heterocycles. The number of piperidine rings is 1. The molecule has 3 fully saturated rings. The smallest absolute Gasteiger partial charge is 0.381 e. The summed E-state index contributed by atoms with van der Waals surface area (Å²) in [5.41, 5.74) is 0.110. The van der Waals surface area contributed by atoms with E-state index in [1.54, 1.807) is 23.2 Å². The molecule has 5 rings (SSSR count). The summed E-state index contributed by atoms with van der Waals surface area (Å²) in [5, 5.41) is 2.84. The minimum atomic E-state index is -4.67. The summed E-state index contributed by atoms with van der Waals surface area (Å²) < 4.78 is 59.1. The molecule has 192 valence electrons. The number of nitrogens with zero attached hydrogens (tertiary/aromatic N) is 2. The number of rotatable bonds is 6. The monoisotopic (exact) mass is 505 g/mol. The summed E-state index contributed by atoms with van der Waals surface area (Å²) in [4.78, 5) is 32.8. The number of fused-ring (bicyclic) bond motifs is 1. The highest BCUT2D eigenvalue weighted by molar-refractivity contribution is 5.98. The Labute approximate surface area is 206 Å². The van der Waals surface area contributed by atoms with Crippen molar-refractivity contribution in [3.8, 4) is 0 Å². The summed E-state index contributed by atoms with van der Waals surface area (Å²) >= 11 is 0. The molecule has 0 radical (unpaired) electrons. The number of halogens is 4. The van der Waals surface area contributed by atoms with E-state index in [0.29, 0.717) is 18.1 Å². The zero-order valence-electron chi connectivity index (χ0n) is 19.9. The lowest BCUT2D eigenvalue weighted by Gasteiger charge is -2.36. The van der Waals surface area contributed by atoms with Gasteiger partial charge in [-0.25, -0.2) is 4.39 Å². The van der Waals surface area contributed by atoms with Crippen LogP contribution in [0, 0.1) is 17.7 Å². The van der Waals surface area contributed by atoms with Crippen LogP contribution in [0.3, 0.4) is 0 Å². The van der Waals surface area contributed by atoms with Crippen LogP contribution in [0.2, 0.25) is 0 Å². The lowest BCUT2D eigenvalue weighted by atomic mass is 9.90. The predicted octanol–water partition coefficient (Wildman–Crippen LogP) is 4.47. The summed E-state index contributed by atoms with van der Waals surface area (Å²) in [6.45, 7) is 4.45. The number of nitrogens with one attached hydrogen (secondary N) is 1. The number of hydrogen-bond donors (Lipinski definition) is 1. The molecule has 2 amide bonds. The van der Waals surface area contributed by atoms with E-state index in [0.717, 1.165) is 24.2 Å². The Kier molecular flexibility index (Phi) is 6.26. The average Bonchev–Trinajstić information content (AvgIpc) is 3.45. The molecule has 36 heavy (non-hydrogen) atoms. The first-order valence-electron chi connectivity index (χ1n) is 12.1. The maximum absolute atomic E-state index is 14.8. The van der Waals surface area contributed by atoms with Crippen LogP contribution in [0.15, 0.2) is 36.5 Å². The molecule has 0 spiro atoms. The van der Waals surface area contributed by atoms with Gasteiger partial charge in [0.2, 0.25) is 5.91 Å². The lowest BCUT2D eigenvalue weighted by molar-refractivity contribution is -0.138. The Balaban J connectivity index is 1.38. The zero-order chi connectivity index (χ0) is 25.8. The fourth-order valence-electron chi connectivity index (χ4n) is 5.13. The number of aromatic nitrogens is 1. The van der Waals surface area contributed by atoms with Crippen LogP contribution < -0.4 is 5.32 Å². The highest BCUT2D eigenvalue weighted by atomic mass is 19.4. The maximum Gasteiger partial charge on any atom is 0.416 e. The Morgan fingerprint density at radius 2 is 1.89 bits per heavy atom. The summed E-state index contributed by atoms with van der Waals surface area (Å²) in [6, 6.07) is 4.07. The summed E-state index contributed by atoms with van der Waals surface area (Å²) in [6.07, 6.45) is -1.78. The second kappa shape index (κ2) is 9.14. The first-order valence-corrected chi connectivity index (χ1v) is 12.1. The van der Waals surface area contributed by atoms with Crippen molar-refractivity contribution in [2.75, 3.05) is 13.2 Å². The van der Waals surface area contributed by atoms with Crippen molar-refractivity contribution in [2.24, 2.45) is 11.8 Å². The fourth-order valence-corrected chi connectivity index (χ4v) is 5.13. The standard InChI is InChI=1S/C26H27F4N3O3/c1-13(2)20-7-14(5-6-31-20)25(35)33-21-8-15(21)9-22(33)24(34)32-23(16-11-36-12-16)18-4-3-17(10-19(18)27)26(28,29)30/h3-7,10,13,15-16,21-23H,8-9,11-12H2,1-2H3,(H,32,34)/t15-,21-,22-,23-/m1/s1. The first kappa shape index (κ1) is 24.7.